The summed E-state index contributed by atoms with van der Waals surface area (Å²) >= 11 is 0. The van der Waals surface area contributed by atoms with Crippen molar-refractivity contribution in [3.05, 3.63) is 0 Å². The second kappa shape index (κ2) is 17.2. The Kier molecular flexibility index (Phi) is 16.4. The van der Waals surface area contributed by atoms with Gasteiger partial charge in [-0.2, -0.15) is 0 Å². The van der Waals surface area contributed by atoms with Gasteiger partial charge in [0.2, 0.25) is 11.8 Å². The molecule has 0 heterocycles. The van der Waals surface area contributed by atoms with Crippen LogP contribution in [0.5, 0.6) is 0 Å². The second-order valence-electron chi connectivity index (χ2n) is 5.96. The molecule has 0 saturated heterocycles. The smallest absolute Gasteiger partial charge is 0.219 e. The van der Waals surface area contributed by atoms with Gasteiger partial charge in [0.25, 0.3) is 0 Å². The van der Waals surface area contributed by atoms with E-state index in [2.05, 4.69) is 10.6 Å². The average molecular weight is 329 g/mol. The lowest BCUT2D eigenvalue weighted by Crippen LogP contribution is -2.24. The highest BCUT2D eigenvalue weighted by Gasteiger charge is 2.01. The zero-order valence-corrected chi connectivity index (χ0v) is 14.6. The maximum Gasteiger partial charge on any atom is 0.219 e. The van der Waals surface area contributed by atoms with Gasteiger partial charge >= 0.3 is 0 Å². The fourth-order valence-electron chi connectivity index (χ4n) is 2.27. The molecule has 136 valence electrons. The van der Waals surface area contributed by atoms with E-state index in [0.717, 1.165) is 70.9 Å². The third kappa shape index (κ3) is 17.1. The highest BCUT2D eigenvalue weighted by molar-refractivity contribution is 5.76. The maximum absolute atomic E-state index is 11.5. The van der Waals surface area contributed by atoms with Gasteiger partial charge in [0.1, 0.15) is 0 Å². The molecule has 0 aliphatic rings. The maximum atomic E-state index is 11.5. The lowest BCUT2D eigenvalue weighted by atomic mass is 10.1. The molecule has 0 aromatic heterocycles. The van der Waals surface area contributed by atoms with Crippen LogP contribution in [0.3, 0.4) is 0 Å². The Balaban J connectivity index is 3.21. The van der Waals surface area contributed by atoms with E-state index >= 15 is 0 Å². The number of hydrogen-bond acceptors (Lipinski definition) is 4. The minimum atomic E-state index is 0.135. The highest BCUT2D eigenvalue weighted by atomic mass is 16.2. The monoisotopic (exact) mass is 328 g/mol. The van der Waals surface area contributed by atoms with E-state index in [1.807, 2.05) is 0 Å². The fraction of sp³-hybridized carbons (Fsp3) is 0.882. The zero-order valence-electron chi connectivity index (χ0n) is 14.6. The van der Waals surface area contributed by atoms with Crippen molar-refractivity contribution in [3.8, 4) is 0 Å². The van der Waals surface area contributed by atoms with Crippen molar-refractivity contribution < 1.29 is 9.59 Å². The minimum Gasteiger partial charge on any atom is -0.356 e. The number of nitrogens with one attached hydrogen (secondary N) is 2. The van der Waals surface area contributed by atoms with Crippen molar-refractivity contribution in [2.24, 2.45) is 11.5 Å². The van der Waals surface area contributed by atoms with Gasteiger partial charge in [-0.1, -0.05) is 19.3 Å². The minimum absolute atomic E-state index is 0.135. The van der Waals surface area contributed by atoms with Crippen LogP contribution in [0.4, 0.5) is 0 Å². The Morgan fingerprint density at radius 3 is 1.35 bits per heavy atom. The topological polar surface area (TPSA) is 110 Å². The summed E-state index contributed by atoms with van der Waals surface area (Å²) in [6.07, 6.45) is 10.2. The largest absolute Gasteiger partial charge is 0.356 e. The van der Waals surface area contributed by atoms with Crippen LogP contribution in [0.2, 0.25) is 0 Å². The average Bonchev–Trinajstić information content (AvgIpc) is 2.53. The van der Waals surface area contributed by atoms with E-state index in [1.165, 1.54) is 0 Å². The molecule has 23 heavy (non-hydrogen) atoms. The van der Waals surface area contributed by atoms with Gasteiger partial charge in [-0.15, -0.1) is 0 Å². The number of carbonyl (C=O) groups is 2. The molecule has 0 spiro atoms. The number of hydrogen-bond donors (Lipinski definition) is 4. The molecule has 0 aliphatic carbocycles. The molecule has 0 atom stereocenters. The zero-order chi connectivity index (χ0) is 17.2. The molecule has 0 aromatic carbocycles. The normalized spacial score (nSPS) is 10.5. The summed E-state index contributed by atoms with van der Waals surface area (Å²) in [6.45, 7) is 2.83. The molecule has 0 radical (unpaired) electrons. The molecule has 2 amide bonds. The predicted molar refractivity (Wildman–Crippen MR) is 94.9 cm³/mol. The lowest BCUT2D eigenvalue weighted by Gasteiger charge is -2.06. The summed E-state index contributed by atoms with van der Waals surface area (Å²) in [5, 5.41) is 5.87. The molecular weight excluding hydrogens is 292 g/mol. The summed E-state index contributed by atoms with van der Waals surface area (Å²) in [5.74, 6) is 0.270. The van der Waals surface area contributed by atoms with Crippen LogP contribution in [0, 0.1) is 0 Å². The first-order valence-electron chi connectivity index (χ1n) is 9.14. The van der Waals surface area contributed by atoms with E-state index in [4.69, 9.17) is 11.5 Å². The number of unbranched alkanes of at least 4 members (excludes halogenated alkanes) is 6. The molecule has 6 nitrogen and oxygen atoms in total. The van der Waals surface area contributed by atoms with Crippen molar-refractivity contribution in [3.63, 3.8) is 0 Å². The van der Waals surface area contributed by atoms with E-state index < -0.39 is 0 Å². The number of nitrogens with two attached hydrogens (primary N) is 2. The van der Waals surface area contributed by atoms with Gasteiger partial charge < -0.3 is 22.1 Å². The number of carbonyl (C=O) groups excluding carboxylic acids is 2. The summed E-state index contributed by atoms with van der Waals surface area (Å²) in [7, 11) is 0. The van der Waals surface area contributed by atoms with Crippen LogP contribution in [0.1, 0.15) is 70.6 Å². The molecular formula is C17H36N4O2. The summed E-state index contributed by atoms with van der Waals surface area (Å²) in [4.78, 5) is 22.9. The molecule has 0 fully saturated rings. The van der Waals surface area contributed by atoms with Gasteiger partial charge in [-0.05, 0) is 51.6 Å². The van der Waals surface area contributed by atoms with Gasteiger partial charge in [-0.25, -0.2) is 0 Å². The first kappa shape index (κ1) is 21.9. The standard InChI is InChI=1S/C17H36N4O2/c18-12-6-4-10-16(22)20-14-8-2-1-3-9-15-21-17(23)11-5-7-13-19/h1-15,18-19H2,(H,20,22)(H,21,23). The Bertz CT molecular complexity index is 270. The first-order valence-corrected chi connectivity index (χ1v) is 9.14. The van der Waals surface area contributed by atoms with Crippen molar-refractivity contribution in [2.45, 2.75) is 70.6 Å². The molecule has 0 aliphatic heterocycles. The Morgan fingerprint density at radius 1 is 0.565 bits per heavy atom. The van der Waals surface area contributed by atoms with Crippen molar-refractivity contribution >= 4 is 11.8 Å². The highest BCUT2D eigenvalue weighted by Crippen LogP contribution is 2.02. The van der Waals surface area contributed by atoms with Crippen molar-refractivity contribution in [2.75, 3.05) is 26.2 Å². The van der Waals surface area contributed by atoms with Crippen LogP contribution in [0.25, 0.3) is 0 Å². The summed E-state index contributed by atoms with van der Waals surface area (Å²) in [6, 6.07) is 0. The molecule has 0 saturated carbocycles. The third-order valence-corrected chi connectivity index (χ3v) is 3.71. The first-order chi connectivity index (χ1) is 11.2. The van der Waals surface area contributed by atoms with Crippen LogP contribution in [-0.4, -0.2) is 38.0 Å². The molecule has 0 unspecified atom stereocenters. The van der Waals surface area contributed by atoms with E-state index in [9.17, 15) is 9.59 Å². The summed E-state index contributed by atoms with van der Waals surface area (Å²) in [5.41, 5.74) is 10.8. The molecule has 6 heteroatoms. The number of amides is 2. The third-order valence-electron chi connectivity index (χ3n) is 3.71. The van der Waals surface area contributed by atoms with Crippen LogP contribution in [0.15, 0.2) is 0 Å². The predicted octanol–water partition coefficient (Wildman–Crippen LogP) is 1.43. The quantitative estimate of drug-likeness (QED) is 0.321. The lowest BCUT2D eigenvalue weighted by molar-refractivity contribution is -0.122. The van der Waals surface area contributed by atoms with Crippen LogP contribution < -0.4 is 22.1 Å². The molecule has 0 bridgehead atoms. The second-order valence-corrected chi connectivity index (χ2v) is 5.96. The van der Waals surface area contributed by atoms with Gasteiger partial charge in [-0.3, -0.25) is 9.59 Å². The SMILES string of the molecule is NCCCCC(=O)NCCCCCCCNC(=O)CCCCN. The van der Waals surface area contributed by atoms with Crippen LogP contribution in [-0.2, 0) is 9.59 Å². The van der Waals surface area contributed by atoms with Gasteiger partial charge in [0.15, 0.2) is 0 Å². The number of rotatable bonds is 16. The van der Waals surface area contributed by atoms with Crippen molar-refractivity contribution in [1.82, 2.24) is 10.6 Å². The molecule has 0 rings (SSSR count). The Morgan fingerprint density at radius 2 is 0.957 bits per heavy atom. The van der Waals surface area contributed by atoms with Gasteiger partial charge in [0, 0.05) is 25.9 Å². The van der Waals surface area contributed by atoms with Crippen LogP contribution >= 0.6 is 0 Å². The molecule has 6 N–H and O–H groups in total. The Hall–Kier alpha value is -1.14. The Labute approximate surface area is 141 Å². The van der Waals surface area contributed by atoms with E-state index in [1.54, 1.807) is 0 Å². The van der Waals surface area contributed by atoms with Crippen molar-refractivity contribution in [1.29, 1.82) is 0 Å². The molecule has 0 aromatic rings. The summed E-state index contributed by atoms with van der Waals surface area (Å²) < 4.78 is 0. The van der Waals surface area contributed by atoms with Gasteiger partial charge in [0.05, 0.1) is 0 Å². The van der Waals surface area contributed by atoms with E-state index in [0.29, 0.717) is 25.9 Å². The fourth-order valence-corrected chi connectivity index (χ4v) is 2.27. The van der Waals surface area contributed by atoms with E-state index in [-0.39, 0.29) is 11.8 Å².